The van der Waals surface area contributed by atoms with Crippen LogP contribution in [0.25, 0.3) is 0 Å². The second-order valence-corrected chi connectivity index (χ2v) is 5.17. The fourth-order valence-electron chi connectivity index (χ4n) is 2.07. The van der Waals surface area contributed by atoms with Crippen molar-refractivity contribution in [2.24, 2.45) is 0 Å². The highest BCUT2D eigenvalue weighted by Crippen LogP contribution is 2.32. The van der Waals surface area contributed by atoms with Crippen LogP contribution in [0.2, 0.25) is 0 Å². The van der Waals surface area contributed by atoms with Gasteiger partial charge in [0.15, 0.2) is 0 Å². The van der Waals surface area contributed by atoms with E-state index in [2.05, 4.69) is 10.6 Å². The Morgan fingerprint density at radius 1 is 1.12 bits per heavy atom. The van der Waals surface area contributed by atoms with Gasteiger partial charge in [0.25, 0.3) is 5.91 Å². The normalized spacial score (nSPS) is 22.5. The number of nitrogens with one attached hydrogen (secondary N) is 2. The number of thiophene rings is 1. The Bertz CT molecular complexity index is 565. The van der Waals surface area contributed by atoms with Gasteiger partial charge in [-0.25, -0.2) is 0 Å². The molecule has 3 rings (SSSR count). The molecule has 0 spiro atoms. The fourth-order valence-corrected chi connectivity index (χ4v) is 2.87. The van der Waals surface area contributed by atoms with E-state index in [1.54, 1.807) is 11.3 Å². The number of benzene rings is 1. The van der Waals surface area contributed by atoms with Gasteiger partial charge in [0.2, 0.25) is 0 Å². The number of hydrogen-bond acceptors (Lipinski definition) is 3. The average Bonchev–Trinajstić information content (AvgIpc) is 2.83. The van der Waals surface area contributed by atoms with Crippen molar-refractivity contribution >= 4 is 22.9 Å². The molecule has 1 aromatic heterocycles. The first-order valence-electron chi connectivity index (χ1n) is 5.43. The molecule has 0 radical (unpaired) electrons. The zero-order valence-corrected chi connectivity index (χ0v) is 10.2. The third-order valence-electron chi connectivity index (χ3n) is 2.93. The predicted octanol–water partition coefficient (Wildman–Crippen LogP) is 2.78. The lowest BCUT2D eigenvalue weighted by Crippen LogP contribution is -2.52. The minimum absolute atomic E-state index is 0.0322. The summed E-state index contributed by atoms with van der Waals surface area (Å²) in [5.41, 5.74) is 1.06. The average molecular weight is 244 g/mol. The van der Waals surface area contributed by atoms with Crippen LogP contribution >= 0.6 is 11.3 Å². The van der Waals surface area contributed by atoms with Crippen LogP contribution in [0.3, 0.4) is 0 Å². The molecular formula is C13H12N2OS. The van der Waals surface area contributed by atoms with E-state index in [1.165, 1.54) is 0 Å². The molecule has 1 atom stereocenters. The predicted molar refractivity (Wildman–Crippen MR) is 69.2 cm³/mol. The van der Waals surface area contributed by atoms with Gasteiger partial charge in [0, 0.05) is 10.6 Å². The highest BCUT2D eigenvalue weighted by atomic mass is 32.1. The molecule has 1 aliphatic rings. The molecule has 3 nitrogen and oxygen atoms in total. The van der Waals surface area contributed by atoms with Crippen molar-refractivity contribution in [3.63, 3.8) is 0 Å². The minimum atomic E-state index is -0.514. The maximum absolute atomic E-state index is 12.0. The summed E-state index contributed by atoms with van der Waals surface area (Å²) in [5.74, 6) is -0.0322. The Morgan fingerprint density at radius 2 is 1.94 bits per heavy atom. The van der Waals surface area contributed by atoms with E-state index >= 15 is 0 Å². The maximum Gasteiger partial charge on any atom is 0.255 e. The van der Waals surface area contributed by atoms with Crippen molar-refractivity contribution in [1.29, 1.82) is 0 Å². The molecule has 1 aliphatic heterocycles. The lowest BCUT2D eigenvalue weighted by atomic mass is 10.0. The molecule has 0 bridgehead atoms. The summed E-state index contributed by atoms with van der Waals surface area (Å²) in [6.07, 6.45) is 0. The Kier molecular flexibility index (Phi) is 2.19. The number of amides is 1. The third kappa shape index (κ3) is 1.61. The molecular weight excluding hydrogens is 232 g/mol. The van der Waals surface area contributed by atoms with Crippen molar-refractivity contribution in [2.75, 3.05) is 5.32 Å². The quantitative estimate of drug-likeness (QED) is 0.810. The number of rotatable bonds is 1. The van der Waals surface area contributed by atoms with E-state index in [0.29, 0.717) is 5.56 Å². The first-order valence-corrected chi connectivity index (χ1v) is 6.31. The zero-order chi connectivity index (χ0) is 11.9. The Hall–Kier alpha value is -1.81. The van der Waals surface area contributed by atoms with E-state index in [-0.39, 0.29) is 5.91 Å². The molecule has 1 amide bonds. The molecule has 0 fully saturated rings. The second kappa shape index (κ2) is 3.60. The summed E-state index contributed by atoms with van der Waals surface area (Å²) in [6, 6.07) is 11.6. The summed E-state index contributed by atoms with van der Waals surface area (Å²) in [7, 11) is 0. The molecule has 0 saturated carbocycles. The topological polar surface area (TPSA) is 41.1 Å². The van der Waals surface area contributed by atoms with Crippen LogP contribution in [0.4, 0.5) is 5.69 Å². The number of carbonyl (C=O) groups is 1. The van der Waals surface area contributed by atoms with Crippen LogP contribution in [-0.4, -0.2) is 5.91 Å². The van der Waals surface area contributed by atoms with Crippen LogP contribution in [0.5, 0.6) is 0 Å². The van der Waals surface area contributed by atoms with Crippen LogP contribution < -0.4 is 10.6 Å². The van der Waals surface area contributed by atoms with E-state index in [4.69, 9.17) is 0 Å². The molecule has 0 saturated heterocycles. The first-order chi connectivity index (χ1) is 8.19. The molecule has 4 heteroatoms. The van der Waals surface area contributed by atoms with Crippen LogP contribution in [0, 0.1) is 0 Å². The lowest BCUT2D eigenvalue weighted by molar-refractivity contribution is 0.0908. The van der Waals surface area contributed by atoms with Gasteiger partial charge in [-0.2, -0.15) is 0 Å². The SMILES string of the molecule is CC1(c2cccs2)NC(=O)c2ccccc2N1. The molecule has 1 unspecified atom stereocenters. The largest absolute Gasteiger partial charge is 0.358 e. The van der Waals surface area contributed by atoms with Gasteiger partial charge in [-0.05, 0) is 30.5 Å². The molecule has 2 aromatic rings. The van der Waals surface area contributed by atoms with Gasteiger partial charge < -0.3 is 10.6 Å². The Labute approximate surface area is 103 Å². The van der Waals surface area contributed by atoms with E-state index < -0.39 is 5.66 Å². The first kappa shape index (κ1) is 10.4. The lowest BCUT2D eigenvalue weighted by Gasteiger charge is -2.36. The molecule has 0 aliphatic carbocycles. The number of carbonyl (C=O) groups excluding carboxylic acids is 1. The number of para-hydroxylation sites is 1. The highest BCUT2D eigenvalue weighted by Gasteiger charge is 2.35. The highest BCUT2D eigenvalue weighted by molar-refractivity contribution is 7.10. The molecule has 2 N–H and O–H groups in total. The van der Waals surface area contributed by atoms with Crippen molar-refractivity contribution in [1.82, 2.24) is 5.32 Å². The zero-order valence-electron chi connectivity index (χ0n) is 9.36. The van der Waals surface area contributed by atoms with Gasteiger partial charge in [-0.3, -0.25) is 4.79 Å². The van der Waals surface area contributed by atoms with Gasteiger partial charge in [-0.1, -0.05) is 18.2 Å². The number of fused-ring (bicyclic) bond motifs is 1. The van der Waals surface area contributed by atoms with Crippen LogP contribution in [-0.2, 0) is 5.66 Å². The third-order valence-corrected chi connectivity index (χ3v) is 4.03. The van der Waals surface area contributed by atoms with E-state index in [1.807, 2.05) is 48.7 Å². The van der Waals surface area contributed by atoms with Crippen molar-refractivity contribution in [3.8, 4) is 0 Å². The van der Waals surface area contributed by atoms with Gasteiger partial charge in [0.1, 0.15) is 5.66 Å². The number of anilines is 1. The number of hydrogen-bond donors (Lipinski definition) is 2. The van der Waals surface area contributed by atoms with Crippen LogP contribution in [0.15, 0.2) is 41.8 Å². The minimum Gasteiger partial charge on any atom is -0.358 e. The summed E-state index contributed by atoms with van der Waals surface area (Å²) < 4.78 is 0. The summed E-state index contributed by atoms with van der Waals surface area (Å²) in [4.78, 5) is 13.1. The maximum atomic E-state index is 12.0. The van der Waals surface area contributed by atoms with Gasteiger partial charge >= 0.3 is 0 Å². The Balaban J connectivity index is 2.07. The molecule has 1 aromatic carbocycles. The summed E-state index contributed by atoms with van der Waals surface area (Å²) >= 11 is 1.63. The van der Waals surface area contributed by atoms with E-state index in [9.17, 15) is 4.79 Å². The van der Waals surface area contributed by atoms with Crippen molar-refractivity contribution in [2.45, 2.75) is 12.6 Å². The molecule has 2 heterocycles. The standard InChI is InChI=1S/C13H12N2OS/c1-13(11-7-4-8-17-11)14-10-6-3-2-5-9(10)12(16)15-13/h2-8,14H,1H3,(H,15,16). The van der Waals surface area contributed by atoms with Gasteiger partial charge in [-0.15, -0.1) is 11.3 Å². The smallest absolute Gasteiger partial charge is 0.255 e. The summed E-state index contributed by atoms with van der Waals surface area (Å²) in [6.45, 7) is 1.98. The van der Waals surface area contributed by atoms with Crippen LogP contribution in [0.1, 0.15) is 22.2 Å². The van der Waals surface area contributed by atoms with Crippen molar-refractivity contribution < 1.29 is 4.79 Å². The van der Waals surface area contributed by atoms with Crippen molar-refractivity contribution in [3.05, 3.63) is 52.2 Å². The monoisotopic (exact) mass is 244 g/mol. The van der Waals surface area contributed by atoms with Gasteiger partial charge in [0.05, 0.1) is 5.56 Å². The molecule has 86 valence electrons. The fraction of sp³-hybridized carbons (Fsp3) is 0.154. The van der Waals surface area contributed by atoms with E-state index in [0.717, 1.165) is 10.6 Å². The molecule has 17 heavy (non-hydrogen) atoms. The second-order valence-electron chi connectivity index (χ2n) is 4.23. The Morgan fingerprint density at radius 3 is 2.71 bits per heavy atom. The summed E-state index contributed by atoms with van der Waals surface area (Å²) in [5, 5.41) is 8.41.